The first-order chi connectivity index (χ1) is 6.33. The number of benzene rings is 1. The van der Waals surface area contributed by atoms with Crippen LogP contribution in [0.1, 0.15) is 34.3 Å². The normalized spacial score (nSPS) is 15.2. The lowest BCUT2D eigenvalue weighted by Crippen LogP contribution is -2.06. The minimum atomic E-state index is 0.873. The van der Waals surface area contributed by atoms with Crippen LogP contribution in [-0.2, 0) is 12.8 Å². The third-order valence-electron chi connectivity index (χ3n) is 2.64. The van der Waals surface area contributed by atoms with Gasteiger partial charge in [0, 0.05) is 10.0 Å². The van der Waals surface area contributed by atoms with E-state index in [0.717, 1.165) is 29.2 Å². The molecular weight excluding hydrogens is 228 g/mol. The molecule has 13 heavy (non-hydrogen) atoms. The van der Waals surface area contributed by atoms with E-state index in [1.807, 2.05) is 12.1 Å². The number of fused-ring (bicyclic) bond motifs is 1. The van der Waals surface area contributed by atoms with E-state index >= 15 is 0 Å². The van der Waals surface area contributed by atoms with E-state index in [1.54, 1.807) is 0 Å². The summed E-state index contributed by atoms with van der Waals surface area (Å²) in [4.78, 5) is 10.8. The molecule has 0 radical (unpaired) electrons. The topological polar surface area (TPSA) is 17.1 Å². The van der Waals surface area contributed by atoms with E-state index in [4.69, 9.17) is 0 Å². The van der Waals surface area contributed by atoms with Crippen molar-refractivity contribution in [1.29, 1.82) is 0 Å². The molecule has 0 aromatic heterocycles. The van der Waals surface area contributed by atoms with Crippen LogP contribution in [0.25, 0.3) is 0 Å². The standard InChI is InChI=1S/C11H11BrO/c12-11-6-5-8(7-13)9-3-1-2-4-10(9)11/h5-7H,1-4H2. The van der Waals surface area contributed by atoms with Crippen molar-refractivity contribution in [2.75, 3.05) is 0 Å². The van der Waals surface area contributed by atoms with Crippen molar-refractivity contribution in [2.24, 2.45) is 0 Å². The molecule has 0 saturated carbocycles. The lowest BCUT2D eigenvalue weighted by Gasteiger charge is -2.18. The number of aldehydes is 1. The minimum Gasteiger partial charge on any atom is -0.298 e. The second-order valence-corrected chi connectivity index (χ2v) is 4.27. The zero-order valence-electron chi connectivity index (χ0n) is 7.35. The van der Waals surface area contributed by atoms with Gasteiger partial charge in [-0.15, -0.1) is 0 Å². The lowest BCUT2D eigenvalue weighted by atomic mass is 9.89. The molecule has 0 unspecified atom stereocenters. The van der Waals surface area contributed by atoms with E-state index in [1.165, 1.54) is 24.0 Å². The predicted octanol–water partition coefficient (Wildman–Crippen LogP) is 3.14. The summed E-state index contributed by atoms with van der Waals surface area (Å²) in [6.45, 7) is 0. The smallest absolute Gasteiger partial charge is 0.150 e. The second kappa shape index (κ2) is 3.62. The van der Waals surface area contributed by atoms with Gasteiger partial charge in [-0.3, -0.25) is 4.79 Å². The van der Waals surface area contributed by atoms with Gasteiger partial charge in [0.05, 0.1) is 0 Å². The Hall–Kier alpha value is -0.630. The van der Waals surface area contributed by atoms with Crippen LogP contribution in [0.3, 0.4) is 0 Å². The summed E-state index contributed by atoms with van der Waals surface area (Å²) >= 11 is 3.53. The molecule has 0 fully saturated rings. The first-order valence-corrected chi connectivity index (χ1v) is 5.37. The first kappa shape index (κ1) is 8.95. The molecule has 0 spiro atoms. The Kier molecular flexibility index (Phi) is 2.49. The Morgan fingerprint density at radius 3 is 2.54 bits per heavy atom. The summed E-state index contributed by atoms with van der Waals surface area (Å²) < 4.78 is 1.16. The van der Waals surface area contributed by atoms with Crippen LogP contribution in [0.2, 0.25) is 0 Å². The maximum absolute atomic E-state index is 10.8. The van der Waals surface area contributed by atoms with Gasteiger partial charge in [0.25, 0.3) is 0 Å². The number of carbonyl (C=O) groups is 1. The molecule has 1 aromatic carbocycles. The van der Waals surface area contributed by atoms with E-state index in [-0.39, 0.29) is 0 Å². The van der Waals surface area contributed by atoms with E-state index in [0.29, 0.717) is 0 Å². The van der Waals surface area contributed by atoms with Gasteiger partial charge >= 0.3 is 0 Å². The molecule has 0 bridgehead atoms. The second-order valence-electron chi connectivity index (χ2n) is 3.42. The van der Waals surface area contributed by atoms with Gasteiger partial charge in [0.1, 0.15) is 6.29 Å². The number of rotatable bonds is 1. The third-order valence-corrected chi connectivity index (χ3v) is 3.38. The van der Waals surface area contributed by atoms with Crippen LogP contribution in [0, 0.1) is 0 Å². The maximum Gasteiger partial charge on any atom is 0.150 e. The molecule has 1 aliphatic carbocycles. The molecule has 1 aromatic rings. The molecule has 1 nitrogen and oxygen atoms in total. The van der Waals surface area contributed by atoms with Crippen molar-refractivity contribution in [3.63, 3.8) is 0 Å². The molecular formula is C11H11BrO. The molecule has 68 valence electrons. The third kappa shape index (κ3) is 1.55. The first-order valence-electron chi connectivity index (χ1n) is 4.58. The lowest BCUT2D eigenvalue weighted by molar-refractivity contribution is 0.112. The molecule has 1 aliphatic rings. The number of hydrogen-bond acceptors (Lipinski definition) is 1. The number of carbonyl (C=O) groups excluding carboxylic acids is 1. The van der Waals surface area contributed by atoms with Crippen molar-refractivity contribution in [2.45, 2.75) is 25.7 Å². The Balaban J connectivity index is 2.58. The van der Waals surface area contributed by atoms with Gasteiger partial charge in [-0.25, -0.2) is 0 Å². The highest BCUT2D eigenvalue weighted by Gasteiger charge is 2.15. The van der Waals surface area contributed by atoms with Crippen LogP contribution in [0.4, 0.5) is 0 Å². The van der Waals surface area contributed by atoms with Gasteiger partial charge in [-0.2, -0.15) is 0 Å². The van der Waals surface area contributed by atoms with Crippen molar-refractivity contribution < 1.29 is 4.79 Å². The van der Waals surface area contributed by atoms with Gasteiger partial charge in [-0.05, 0) is 42.9 Å². The summed E-state index contributed by atoms with van der Waals surface area (Å²) in [5.41, 5.74) is 3.48. The monoisotopic (exact) mass is 238 g/mol. The Morgan fingerprint density at radius 2 is 1.85 bits per heavy atom. The average molecular weight is 239 g/mol. The fourth-order valence-corrected chi connectivity index (χ4v) is 2.53. The summed E-state index contributed by atoms with van der Waals surface area (Å²) in [6, 6.07) is 3.88. The van der Waals surface area contributed by atoms with Crippen LogP contribution in [-0.4, -0.2) is 6.29 Å². The fraction of sp³-hybridized carbons (Fsp3) is 0.364. The summed E-state index contributed by atoms with van der Waals surface area (Å²) in [5, 5.41) is 0. The summed E-state index contributed by atoms with van der Waals surface area (Å²) in [5.74, 6) is 0. The molecule has 0 atom stereocenters. The van der Waals surface area contributed by atoms with Gasteiger partial charge < -0.3 is 0 Å². The largest absolute Gasteiger partial charge is 0.298 e. The highest BCUT2D eigenvalue weighted by molar-refractivity contribution is 9.10. The summed E-state index contributed by atoms with van der Waals surface area (Å²) in [7, 11) is 0. The minimum absolute atomic E-state index is 0.873. The molecule has 2 heteroatoms. The molecule has 0 amide bonds. The predicted molar refractivity (Wildman–Crippen MR) is 56.2 cm³/mol. The Bertz CT molecular complexity index is 344. The molecule has 0 N–H and O–H groups in total. The van der Waals surface area contributed by atoms with Gasteiger partial charge in [0.2, 0.25) is 0 Å². The highest BCUT2D eigenvalue weighted by Crippen LogP contribution is 2.29. The van der Waals surface area contributed by atoms with Crippen molar-refractivity contribution in [1.82, 2.24) is 0 Å². The molecule has 0 aliphatic heterocycles. The van der Waals surface area contributed by atoms with Crippen LogP contribution in [0.5, 0.6) is 0 Å². The fourth-order valence-electron chi connectivity index (χ4n) is 1.96. The number of halogens is 1. The average Bonchev–Trinajstić information content (AvgIpc) is 2.19. The number of hydrogen-bond donors (Lipinski definition) is 0. The van der Waals surface area contributed by atoms with Gasteiger partial charge in [-0.1, -0.05) is 22.0 Å². The zero-order valence-corrected chi connectivity index (χ0v) is 8.93. The van der Waals surface area contributed by atoms with Crippen molar-refractivity contribution in [3.05, 3.63) is 33.3 Å². The van der Waals surface area contributed by atoms with E-state index < -0.39 is 0 Å². The Morgan fingerprint density at radius 1 is 1.15 bits per heavy atom. The highest BCUT2D eigenvalue weighted by atomic mass is 79.9. The van der Waals surface area contributed by atoms with E-state index in [9.17, 15) is 4.79 Å². The van der Waals surface area contributed by atoms with Crippen LogP contribution >= 0.6 is 15.9 Å². The zero-order chi connectivity index (χ0) is 9.26. The Labute approximate surface area is 86.3 Å². The molecule has 2 rings (SSSR count). The van der Waals surface area contributed by atoms with Crippen molar-refractivity contribution in [3.8, 4) is 0 Å². The van der Waals surface area contributed by atoms with Crippen LogP contribution < -0.4 is 0 Å². The molecule has 0 saturated heterocycles. The summed E-state index contributed by atoms with van der Waals surface area (Å²) in [6.07, 6.45) is 5.59. The van der Waals surface area contributed by atoms with Gasteiger partial charge in [0.15, 0.2) is 0 Å². The van der Waals surface area contributed by atoms with E-state index in [2.05, 4.69) is 15.9 Å². The molecule has 0 heterocycles. The SMILES string of the molecule is O=Cc1ccc(Br)c2c1CCCC2. The van der Waals surface area contributed by atoms with Crippen molar-refractivity contribution >= 4 is 22.2 Å². The van der Waals surface area contributed by atoms with Crippen LogP contribution in [0.15, 0.2) is 16.6 Å². The quantitative estimate of drug-likeness (QED) is 0.688. The maximum atomic E-state index is 10.8.